The minimum absolute atomic E-state index is 0.0973. The summed E-state index contributed by atoms with van der Waals surface area (Å²) in [5.74, 6) is -2.73. The maximum absolute atomic E-state index is 12.7. The van der Waals surface area contributed by atoms with Crippen molar-refractivity contribution in [3.05, 3.63) is 90.7 Å². The third kappa shape index (κ3) is 8.46. The molecule has 0 atom stereocenters. The molecule has 0 aromatic heterocycles. The van der Waals surface area contributed by atoms with Crippen molar-refractivity contribution < 1.29 is 45.8 Å². The maximum Gasteiger partial charge on any atom is 0.417 e. The van der Waals surface area contributed by atoms with Crippen LogP contribution in [-0.2, 0) is 30.2 Å². The Morgan fingerprint density at radius 2 is 1.26 bits per heavy atom. The zero-order valence-corrected chi connectivity index (χ0v) is 17.5. The molecule has 0 saturated carbocycles. The molecule has 0 spiro atoms. The average molecular weight is 504 g/mol. The van der Waals surface area contributed by atoms with Gasteiger partial charge in [-0.1, -0.05) is 22.4 Å². The van der Waals surface area contributed by atoms with E-state index in [9.17, 15) is 35.9 Å². The van der Waals surface area contributed by atoms with Gasteiger partial charge < -0.3 is 9.84 Å². The van der Waals surface area contributed by atoms with Crippen LogP contribution in [0.25, 0.3) is 20.9 Å². The van der Waals surface area contributed by atoms with Gasteiger partial charge in [-0.2, -0.15) is 26.3 Å². The van der Waals surface area contributed by atoms with Crippen molar-refractivity contribution in [2.45, 2.75) is 25.4 Å². The SMILES string of the molecule is COC(=O)c1ccc(CN=[N+]=[N-])cc1C(F)(F)F.[N-]=[N+]=NCc1ccc(C(=O)O)c(C(F)(F)F)c1. The number of halogens is 6. The first-order valence-electron chi connectivity index (χ1n) is 8.99. The van der Waals surface area contributed by atoms with Crippen LogP contribution in [0.3, 0.4) is 0 Å². The van der Waals surface area contributed by atoms with Gasteiger partial charge in [-0.25, -0.2) is 9.59 Å². The monoisotopic (exact) mass is 504 g/mol. The molecule has 1 N–H and O–H groups in total. The quantitative estimate of drug-likeness (QED) is 0.156. The molecule has 2 aromatic rings. The van der Waals surface area contributed by atoms with Crippen LogP contribution < -0.4 is 0 Å². The Kier molecular flexibility index (Phi) is 9.94. The number of ether oxygens (including phenoxy) is 1. The molecule has 2 aromatic carbocycles. The highest BCUT2D eigenvalue weighted by Gasteiger charge is 2.36. The minimum atomic E-state index is -4.76. The number of nitrogens with zero attached hydrogens (tertiary/aromatic N) is 6. The molecule has 16 heteroatoms. The van der Waals surface area contributed by atoms with Gasteiger partial charge in [0.1, 0.15) is 0 Å². The number of hydrogen-bond acceptors (Lipinski definition) is 5. The van der Waals surface area contributed by atoms with Crippen LogP contribution in [0.1, 0.15) is 43.0 Å². The highest BCUT2D eigenvalue weighted by Crippen LogP contribution is 2.34. The van der Waals surface area contributed by atoms with Gasteiger partial charge in [0.15, 0.2) is 0 Å². The summed E-state index contributed by atoms with van der Waals surface area (Å²) < 4.78 is 80.1. The third-order valence-corrected chi connectivity index (χ3v) is 4.05. The lowest BCUT2D eigenvalue weighted by atomic mass is 10.0. The number of carboxylic acid groups (broad SMARTS) is 1. The van der Waals surface area contributed by atoms with E-state index in [0.29, 0.717) is 6.07 Å². The van der Waals surface area contributed by atoms with Crippen LogP contribution in [-0.4, -0.2) is 24.2 Å². The molecule has 0 heterocycles. The van der Waals surface area contributed by atoms with Crippen molar-refractivity contribution in [2.75, 3.05) is 7.11 Å². The molecule has 0 aliphatic heterocycles. The predicted octanol–water partition coefficient (Wildman–Crippen LogP) is 6.52. The summed E-state index contributed by atoms with van der Waals surface area (Å²) in [6, 6.07) is 5.72. The first-order chi connectivity index (χ1) is 16.3. The van der Waals surface area contributed by atoms with Crippen LogP contribution >= 0.6 is 0 Å². The summed E-state index contributed by atoms with van der Waals surface area (Å²) in [5, 5.41) is 14.9. The highest BCUT2D eigenvalue weighted by atomic mass is 19.4. The molecule has 0 amide bonds. The number of carboxylic acids is 1. The van der Waals surface area contributed by atoms with E-state index in [4.69, 9.17) is 16.2 Å². The van der Waals surface area contributed by atoms with Gasteiger partial charge in [0.2, 0.25) is 0 Å². The number of esters is 1. The lowest BCUT2D eigenvalue weighted by molar-refractivity contribution is -0.138. The second kappa shape index (κ2) is 12.2. The Bertz CT molecular complexity index is 1190. The van der Waals surface area contributed by atoms with Crippen LogP contribution in [0.15, 0.2) is 46.6 Å². The van der Waals surface area contributed by atoms with Crippen molar-refractivity contribution in [3.8, 4) is 0 Å². The first-order valence-corrected chi connectivity index (χ1v) is 8.99. The van der Waals surface area contributed by atoms with E-state index in [1.165, 1.54) is 12.1 Å². The molecule has 0 radical (unpaired) electrons. The molecular weight excluding hydrogens is 490 g/mol. The van der Waals surface area contributed by atoms with Crippen LogP contribution in [0.4, 0.5) is 26.3 Å². The average Bonchev–Trinajstić information content (AvgIpc) is 2.79. The van der Waals surface area contributed by atoms with Gasteiger partial charge in [-0.05, 0) is 46.5 Å². The number of benzene rings is 2. The normalized spacial score (nSPS) is 10.7. The number of hydrogen-bond donors (Lipinski definition) is 1. The Morgan fingerprint density at radius 3 is 1.60 bits per heavy atom. The molecule has 186 valence electrons. The van der Waals surface area contributed by atoms with Crippen molar-refractivity contribution >= 4 is 11.9 Å². The summed E-state index contributed by atoms with van der Waals surface area (Å²) >= 11 is 0. The molecular formula is C19H14F6N6O4. The lowest BCUT2D eigenvalue weighted by Gasteiger charge is -2.12. The van der Waals surface area contributed by atoms with Crippen molar-refractivity contribution in [2.24, 2.45) is 10.2 Å². The van der Waals surface area contributed by atoms with E-state index in [1.807, 2.05) is 0 Å². The fraction of sp³-hybridized carbons (Fsp3) is 0.263. The van der Waals surface area contributed by atoms with Crippen molar-refractivity contribution in [1.29, 1.82) is 0 Å². The standard InChI is InChI=1S/C10H8F3N3O2.C9H6F3N3O2/c1-18-9(17)7-3-2-6(5-15-16-14)4-8(7)10(11,12)13;10-9(11,12)7-3-5(4-14-15-13)1-2-6(7)8(16)17/h2-4H,5H2,1H3;1-3H,4H2,(H,16,17). The first kappa shape index (κ1) is 28.6. The van der Waals surface area contributed by atoms with E-state index in [1.54, 1.807) is 0 Å². The Morgan fingerprint density at radius 1 is 0.857 bits per heavy atom. The number of rotatable bonds is 6. The van der Waals surface area contributed by atoms with Crippen LogP contribution in [0.2, 0.25) is 0 Å². The van der Waals surface area contributed by atoms with Gasteiger partial charge in [-0.15, -0.1) is 0 Å². The number of carbonyl (C=O) groups excluding carboxylic acids is 1. The summed E-state index contributed by atoms with van der Waals surface area (Å²) in [6.45, 7) is -0.486. The summed E-state index contributed by atoms with van der Waals surface area (Å²) in [7, 11) is 0.996. The maximum atomic E-state index is 12.7. The van der Waals surface area contributed by atoms with Crippen LogP contribution in [0.5, 0.6) is 0 Å². The van der Waals surface area contributed by atoms with E-state index >= 15 is 0 Å². The van der Waals surface area contributed by atoms with Gasteiger partial charge >= 0.3 is 24.3 Å². The van der Waals surface area contributed by atoms with Crippen molar-refractivity contribution in [1.82, 2.24) is 0 Å². The van der Waals surface area contributed by atoms with Gasteiger partial charge in [0, 0.05) is 9.82 Å². The van der Waals surface area contributed by atoms with E-state index in [2.05, 4.69) is 24.8 Å². The predicted molar refractivity (Wildman–Crippen MR) is 107 cm³/mol. The lowest BCUT2D eigenvalue weighted by Crippen LogP contribution is -2.14. The molecule has 0 aliphatic carbocycles. The zero-order chi connectivity index (χ0) is 26.8. The summed E-state index contributed by atoms with van der Waals surface area (Å²) in [6.07, 6.45) is -9.45. The number of carbonyl (C=O) groups is 2. The van der Waals surface area contributed by atoms with E-state index in [0.717, 1.165) is 25.3 Å². The Hall–Kier alpha value is -4.42. The highest BCUT2D eigenvalue weighted by molar-refractivity contribution is 5.91. The molecule has 10 nitrogen and oxygen atoms in total. The molecule has 2 rings (SSSR count). The van der Waals surface area contributed by atoms with Crippen molar-refractivity contribution in [3.63, 3.8) is 0 Å². The number of azide groups is 2. The van der Waals surface area contributed by atoms with E-state index < -0.39 is 46.5 Å². The fourth-order valence-electron chi connectivity index (χ4n) is 2.55. The number of methoxy groups -OCH3 is 1. The molecule has 0 bridgehead atoms. The smallest absolute Gasteiger partial charge is 0.417 e. The fourth-order valence-corrected chi connectivity index (χ4v) is 2.55. The molecule has 35 heavy (non-hydrogen) atoms. The zero-order valence-electron chi connectivity index (χ0n) is 17.5. The Labute approximate surface area is 192 Å². The number of alkyl halides is 6. The molecule has 0 saturated heterocycles. The topological polar surface area (TPSA) is 161 Å². The second-order valence-corrected chi connectivity index (χ2v) is 6.33. The van der Waals surface area contributed by atoms with E-state index in [-0.39, 0.29) is 24.2 Å². The van der Waals surface area contributed by atoms with Gasteiger partial charge in [0.05, 0.1) is 42.5 Å². The Balaban J connectivity index is 0.000000351. The largest absolute Gasteiger partial charge is 0.478 e. The summed E-state index contributed by atoms with van der Waals surface area (Å²) in [5.41, 5.74) is 12.6. The number of aromatic carboxylic acids is 1. The second-order valence-electron chi connectivity index (χ2n) is 6.33. The molecule has 0 aliphatic rings. The third-order valence-electron chi connectivity index (χ3n) is 4.05. The van der Waals surface area contributed by atoms with Gasteiger partial charge in [0.25, 0.3) is 0 Å². The molecule has 0 fully saturated rings. The van der Waals surface area contributed by atoms with Gasteiger partial charge in [-0.3, -0.25) is 0 Å². The minimum Gasteiger partial charge on any atom is -0.478 e. The molecule has 0 unspecified atom stereocenters. The van der Waals surface area contributed by atoms with Crippen LogP contribution in [0, 0.1) is 0 Å². The summed E-state index contributed by atoms with van der Waals surface area (Å²) in [4.78, 5) is 26.7.